The van der Waals surface area contributed by atoms with E-state index < -0.39 is 10.0 Å². The maximum Gasteiger partial charge on any atom is 0.243 e. The Morgan fingerprint density at radius 3 is 2.28 bits per heavy atom. The monoisotopic (exact) mass is 267 g/mol. The summed E-state index contributed by atoms with van der Waals surface area (Å²) in [7, 11) is -3.61. The molecule has 2 rings (SSSR count). The van der Waals surface area contributed by atoms with Crippen LogP contribution in [0.15, 0.2) is 29.2 Å². The normalized spacial score (nSPS) is 17.1. The molecule has 1 saturated heterocycles. The second-order valence-corrected chi connectivity index (χ2v) is 6.15. The number of Topliss-reactive ketones (excluding diaryl/α,β-unsaturated/α-hetero) is 2. The summed E-state index contributed by atoms with van der Waals surface area (Å²) in [5.74, 6) is -0.186. The maximum atomic E-state index is 12.1. The molecule has 0 atom stereocenters. The van der Waals surface area contributed by atoms with Crippen LogP contribution in [-0.2, 0) is 14.8 Å². The third kappa shape index (κ3) is 2.34. The summed E-state index contributed by atoms with van der Waals surface area (Å²) in [6, 6.07) is 5.75. The first kappa shape index (κ1) is 12.9. The molecule has 0 amide bonds. The van der Waals surface area contributed by atoms with E-state index in [0.29, 0.717) is 5.56 Å². The molecule has 18 heavy (non-hydrogen) atoms. The van der Waals surface area contributed by atoms with Crippen LogP contribution in [0.5, 0.6) is 0 Å². The number of rotatable bonds is 3. The Balaban J connectivity index is 2.30. The van der Waals surface area contributed by atoms with Gasteiger partial charge in [-0.2, -0.15) is 4.31 Å². The molecule has 1 heterocycles. The van der Waals surface area contributed by atoms with E-state index in [4.69, 9.17) is 0 Å². The standard InChI is InChI=1S/C12H13NO4S/c1-9(14)10-2-4-12(5-3-10)18(16,17)13-7-6-11(15)8-13/h2-5H,6-8H2,1H3. The van der Waals surface area contributed by atoms with Gasteiger partial charge in [-0.15, -0.1) is 0 Å². The zero-order valence-corrected chi connectivity index (χ0v) is 10.7. The minimum atomic E-state index is -3.61. The Hall–Kier alpha value is -1.53. The lowest BCUT2D eigenvalue weighted by atomic mass is 10.2. The zero-order valence-electron chi connectivity index (χ0n) is 9.92. The van der Waals surface area contributed by atoms with Crippen molar-refractivity contribution in [1.82, 2.24) is 4.31 Å². The average Bonchev–Trinajstić information content (AvgIpc) is 2.76. The van der Waals surface area contributed by atoms with Gasteiger partial charge in [-0.05, 0) is 19.1 Å². The Morgan fingerprint density at radius 1 is 1.22 bits per heavy atom. The van der Waals surface area contributed by atoms with E-state index in [1.54, 1.807) is 0 Å². The fourth-order valence-electron chi connectivity index (χ4n) is 1.82. The summed E-state index contributed by atoms with van der Waals surface area (Å²) in [5.41, 5.74) is 0.464. The van der Waals surface area contributed by atoms with Gasteiger partial charge in [-0.3, -0.25) is 9.59 Å². The van der Waals surface area contributed by atoms with Gasteiger partial charge in [0.1, 0.15) is 5.78 Å². The van der Waals surface area contributed by atoms with E-state index in [1.165, 1.54) is 31.2 Å². The van der Waals surface area contributed by atoms with Crippen LogP contribution in [0.2, 0.25) is 0 Å². The highest BCUT2D eigenvalue weighted by Gasteiger charge is 2.31. The quantitative estimate of drug-likeness (QED) is 0.761. The molecule has 1 fully saturated rings. The minimum Gasteiger partial charge on any atom is -0.298 e. The number of carbonyl (C=O) groups is 2. The molecule has 0 aromatic heterocycles. The molecule has 0 bridgehead atoms. The largest absolute Gasteiger partial charge is 0.298 e. The average molecular weight is 267 g/mol. The first-order valence-corrected chi connectivity index (χ1v) is 6.98. The highest BCUT2D eigenvalue weighted by molar-refractivity contribution is 7.89. The molecule has 96 valence electrons. The van der Waals surface area contributed by atoms with E-state index in [9.17, 15) is 18.0 Å². The Labute approximate surface area is 105 Å². The van der Waals surface area contributed by atoms with E-state index >= 15 is 0 Å². The highest BCUT2D eigenvalue weighted by Crippen LogP contribution is 2.19. The molecule has 0 unspecified atom stereocenters. The first-order valence-electron chi connectivity index (χ1n) is 5.54. The van der Waals surface area contributed by atoms with Crippen LogP contribution in [0.1, 0.15) is 23.7 Å². The van der Waals surface area contributed by atoms with E-state index in [-0.39, 0.29) is 36.0 Å². The lowest BCUT2D eigenvalue weighted by molar-refractivity contribution is -0.116. The molecular formula is C12H13NO4S. The van der Waals surface area contributed by atoms with Crippen molar-refractivity contribution in [3.63, 3.8) is 0 Å². The first-order chi connectivity index (χ1) is 8.41. The van der Waals surface area contributed by atoms with Gasteiger partial charge in [0, 0.05) is 18.5 Å². The van der Waals surface area contributed by atoms with Crippen molar-refractivity contribution in [2.75, 3.05) is 13.1 Å². The Morgan fingerprint density at radius 2 is 1.83 bits per heavy atom. The number of ketones is 2. The topological polar surface area (TPSA) is 71.5 Å². The maximum absolute atomic E-state index is 12.1. The number of nitrogens with zero attached hydrogens (tertiary/aromatic N) is 1. The van der Waals surface area contributed by atoms with E-state index in [0.717, 1.165) is 4.31 Å². The number of carbonyl (C=O) groups excluding carboxylic acids is 2. The number of hydrogen-bond donors (Lipinski definition) is 0. The van der Waals surface area contributed by atoms with Gasteiger partial charge in [0.05, 0.1) is 11.4 Å². The molecule has 0 radical (unpaired) electrons. The van der Waals surface area contributed by atoms with Crippen molar-refractivity contribution in [2.24, 2.45) is 0 Å². The van der Waals surface area contributed by atoms with Crippen LogP contribution < -0.4 is 0 Å². The van der Waals surface area contributed by atoms with Gasteiger partial charge in [-0.25, -0.2) is 8.42 Å². The van der Waals surface area contributed by atoms with Gasteiger partial charge >= 0.3 is 0 Å². The molecule has 0 aliphatic carbocycles. The van der Waals surface area contributed by atoms with E-state index in [1.807, 2.05) is 0 Å². The fraction of sp³-hybridized carbons (Fsp3) is 0.333. The van der Waals surface area contributed by atoms with Crippen molar-refractivity contribution in [2.45, 2.75) is 18.2 Å². The van der Waals surface area contributed by atoms with E-state index in [2.05, 4.69) is 0 Å². The van der Waals surface area contributed by atoms with Crippen molar-refractivity contribution < 1.29 is 18.0 Å². The van der Waals surface area contributed by atoms with Crippen molar-refractivity contribution in [3.8, 4) is 0 Å². The smallest absolute Gasteiger partial charge is 0.243 e. The molecule has 1 aliphatic rings. The number of hydrogen-bond acceptors (Lipinski definition) is 4. The van der Waals surface area contributed by atoms with Crippen LogP contribution >= 0.6 is 0 Å². The van der Waals surface area contributed by atoms with Gasteiger partial charge in [0.25, 0.3) is 0 Å². The molecule has 5 nitrogen and oxygen atoms in total. The summed E-state index contributed by atoms with van der Waals surface area (Å²) < 4.78 is 25.5. The second-order valence-electron chi connectivity index (χ2n) is 4.21. The van der Waals surface area contributed by atoms with Gasteiger partial charge in [0.15, 0.2) is 5.78 Å². The van der Waals surface area contributed by atoms with Crippen LogP contribution in [0.25, 0.3) is 0 Å². The third-order valence-electron chi connectivity index (χ3n) is 2.89. The molecule has 1 aromatic carbocycles. The van der Waals surface area contributed by atoms with Gasteiger partial charge in [-0.1, -0.05) is 12.1 Å². The number of benzene rings is 1. The summed E-state index contributed by atoms with van der Waals surface area (Å²) in [6.45, 7) is 1.59. The van der Waals surface area contributed by atoms with Crippen LogP contribution in [0.4, 0.5) is 0 Å². The predicted octanol–water partition coefficient (Wildman–Crippen LogP) is 0.853. The Kier molecular flexibility index (Phi) is 3.32. The summed E-state index contributed by atoms with van der Waals surface area (Å²) in [4.78, 5) is 22.3. The van der Waals surface area contributed by atoms with Gasteiger partial charge < -0.3 is 0 Å². The SMILES string of the molecule is CC(=O)c1ccc(S(=O)(=O)N2CCC(=O)C2)cc1. The second kappa shape index (κ2) is 4.62. The summed E-state index contributed by atoms with van der Waals surface area (Å²) in [5, 5.41) is 0. The van der Waals surface area contributed by atoms with Crippen LogP contribution in [0.3, 0.4) is 0 Å². The lowest BCUT2D eigenvalue weighted by Gasteiger charge is -2.14. The molecular weight excluding hydrogens is 254 g/mol. The van der Waals surface area contributed by atoms with Crippen molar-refractivity contribution in [3.05, 3.63) is 29.8 Å². The minimum absolute atomic E-state index is 0.0587. The summed E-state index contributed by atoms with van der Waals surface area (Å²) in [6.07, 6.45) is 0.269. The molecule has 1 aliphatic heterocycles. The molecule has 1 aromatic rings. The van der Waals surface area contributed by atoms with Crippen molar-refractivity contribution in [1.29, 1.82) is 0 Å². The molecule has 6 heteroatoms. The van der Waals surface area contributed by atoms with Crippen molar-refractivity contribution >= 4 is 21.6 Å². The van der Waals surface area contributed by atoms with Gasteiger partial charge in [0.2, 0.25) is 10.0 Å². The van der Waals surface area contributed by atoms with Crippen LogP contribution in [0, 0.1) is 0 Å². The fourth-order valence-corrected chi connectivity index (χ4v) is 3.24. The summed E-state index contributed by atoms with van der Waals surface area (Å²) >= 11 is 0. The molecule has 0 spiro atoms. The zero-order chi connectivity index (χ0) is 13.3. The molecule has 0 N–H and O–H groups in total. The predicted molar refractivity (Wildman–Crippen MR) is 64.8 cm³/mol. The van der Waals surface area contributed by atoms with Crippen LogP contribution in [-0.4, -0.2) is 37.4 Å². The molecule has 0 saturated carbocycles. The highest BCUT2D eigenvalue weighted by atomic mass is 32.2. The Bertz CT molecular complexity index is 589. The lowest BCUT2D eigenvalue weighted by Crippen LogP contribution is -2.28. The third-order valence-corrected chi connectivity index (χ3v) is 4.75. The number of sulfonamides is 1.